The lowest BCUT2D eigenvalue weighted by atomic mass is 10.1. The molecule has 5 nitrogen and oxygen atoms in total. The maximum absolute atomic E-state index is 5.51. The van der Waals surface area contributed by atoms with E-state index in [4.69, 9.17) is 21.9 Å². The van der Waals surface area contributed by atoms with Gasteiger partial charge in [0, 0.05) is 17.9 Å². The third-order valence-electron chi connectivity index (χ3n) is 3.99. The minimum Gasteiger partial charge on any atom is -0.496 e. The molecule has 0 saturated heterocycles. The van der Waals surface area contributed by atoms with Crippen molar-refractivity contribution >= 4 is 51.4 Å². The quantitative estimate of drug-likeness (QED) is 0.296. The molecule has 1 aromatic rings. The Balaban J connectivity index is 1.60. The summed E-state index contributed by atoms with van der Waals surface area (Å²) in [5.41, 5.74) is 4.86. The van der Waals surface area contributed by atoms with Gasteiger partial charge < -0.3 is 10.1 Å². The lowest BCUT2D eigenvalue weighted by molar-refractivity contribution is 0.411. The van der Waals surface area contributed by atoms with Crippen LogP contribution in [0.25, 0.3) is 0 Å². The second-order valence-corrected chi connectivity index (χ2v) is 8.76. The number of nitrogens with one attached hydrogen (secondary N) is 2. The number of methoxy groups -OCH3 is 1. The molecule has 146 valence electrons. The SMILES string of the molecule is C=CCNC(=S)N/N=C/c1ccc(OC)c(CSC2=NC3C=CC=CC3S2)c1. The molecule has 0 fully saturated rings. The first-order chi connectivity index (χ1) is 13.7. The average molecular weight is 431 g/mol. The highest BCUT2D eigenvalue weighted by Gasteiger charge is 2.27. The number of hydrazone groups is 1. The standard InChI is InChI=1S/C20H22N4OS3/c1-3-10-21-19(26)24-22-12-14-8-9-17(25-2)15(11-14)13-27-20-23-16-6-4-5-7-18(16)28-20/h3-9,11-12,16,18H,1,10,13H2,2H3,(H2,21,24,26)/b22-12+. The fourth-order valence-electron chi connectivity index (χ4n) is 2.64. The maximum Gasteiger partial charge on any atom is 0.187 e. The van der Waals surface area contributed by atoms with E-state index in [0.29, 0.717) is 16.9 Å². The molecule has 0 bridgehead atoms. The summed E-state index contributed by atoms with van der Waals surface area (Å²) < 4.78 is 6.63. The Kier molecular flexibility index (Phi) is 7.76. The maximum atomic E-state index is 5.51. The van der Waals surface area contributed by atoms with Crippen LogP contribution in [-0.2, 0) is 5.75 Å². The molecule has 0 amide bonds. The minimum absolute atomic E-state index is 0.266. The Morgan fingerprint density at radius 2 is 2.29 bits per heavy atom. The summed E-state index contributed by atoms with van der Waals surface area (Å²) in [6, 6.07) is 6.26. The summed E-state index contributed by atoms with van der Waals surface area (Å²) in [4.78, 5) is 4.80. The summed E-state index contributed by atoms with van der Waals surface area (Å²) in [7, 11) is 1.69. The third kappa shape index (κ3) is 5.73. The van der Waals surface area contributed by atoms with Crippen molar-refractivity contribution in [1.82, 2.24) is 10.7 Å². The number of fused-ring (bicyclic) bond motifs is 1. The first-order valence-electron chi connectivity index (χ1n) is 8.76. The van der Waals surface area contributed by atoms with Crippen LogP contribution < -0.4 is 15.5 Å². The van der Waals surface area contributed by atoms with Gasteiger partial charge in [-0.3, -0.25) is 10.4 Å². The number of nitrogens with zero attached hydrogens (tertiary/aromatic N) is 2. The number of aliphatic imine (C=N–C) groups is 1. The van der Waals surface area contributed by atoms with Crippen LogP contribution in [-0.4, -0.2) is 40.6 Å². The average Bonchev–Trinajstić information content (AvgIpc) is 3.14. The van der Waals surface area contributed by atoms with E-state index in [2.05, 4.69) is 52.8 Å². The highest BCUT2D eigenvalue weighted by molar-refractivity contribution is 8.39. The Morgan fingerprint density at radius 1 is 1.43 bits per heavy atom. The summed E-state index contributed by atoms with van der Waals surface area (Å²) in [5.74, 6) is 1.65. The molecule has 8 heteroatoms. The van der Waals surface area contributed by atoms with Gasteiger partial charge in [0.1, 0.15) is 10.1 Å². The van der Waals surface area contributed by atoms with Crippen molar-refractivity contribution in [3.05, 3.63) is 66.3 Å². The number of ether oxygens (including phenoxy) is 1. The molecule has 1 aliphatic heterocycles. The van der Waals surface area contributed by atoms with Crippen LogP contribution in [0.1, 0.15) is 11.1 Å². The summed E-state index contributed by atoms with van der Waals surface area (Å²) in [6.07, 6.45) is 12.0. The molecule has 0 aromatic heterocycles. The third-order valence-corrected chi connectivity index (χ3v) is 6.69. The van der Waals surface area contributed by atoms with E-state index in [1.807, 2.05) is 23.9 Å². The molecule has 1 heterocycles. The summed E-state index contributed by atoms with van der Waals surface area (Å²) in [6.45, 7) is 4.23. The smallest absolute Gasteiger partial charge is 0.187 e. The Morgan fingerprint density at radius 3 is 3.07 bits per heavy atom. The monoisotopic (exact) mass is 430 g/mol. The van der Waals surface area contributed by atoms with Crippen molar-refractivity contribution in [2.45, 2.75) is 17.0 Å². The van der Waals surface area contributed by atoms with Crippen molar-refractivity contribution in [1.29, 1.82) is 0 Å². The zero-order valence-electron chi connectivity index (χ0n) is 15.5. The van der Waals surface area contributed by atoms with E-state index in [9.17, 15) is 0 Å². The first kappa shape index (κ1) is 20.7. The van der Waals surface area contributed by atoms with Gasteiger partial charge in [0.2, 0.25) is 0 Å². The molecule has 1 aliphatic carbocycles. The van der Waals surface area contributed by atoms with Crippen LogP contribution in [0.4, 0.5) is 0 Å². The fourth-order valence-corrected chi connectivity index (χ4v) is 5.14. The van der Waals surface area contributed by atoms with Gasteiger partial charge in [-0.15, -0.1) is 6.58 Å². The van der Waals surface area contributed by atoms with Crippen LogP contribution in [0.15, 0.2) is 65.3 Å². The fraction of sp³-hybridized carbons (Fsp3) is 0.250. The van der Waals surface area contributed by atoms with Crippen molar-refractivity contribution in [2.75, 3.05) is 13.7 Å². The van der Waals surface area contributed by atoms with Crippen molar-refractivity contribution in [2.24, 2.45) is 10.1 Å². The van der Waals surface area contributed by atoms with E-state index in [1.54, 1.807) is 31.2 Å². The van der Waals surface area contributed by atoms with E-state index >= 15 is 0 Å². The van der Waals surface area contributed by atoms with Crippen LogP contribution >= 0.6 is 35.7 Å². The second kappa shape index (κ2) is 10.5. The second-order valence-electron chi connectivity index (χ2n) is 5.97. The predicted octanol–water partition coefficient (Wildman–Crippen LogP) is 3.88. The number of hydrogen-bond donors (Lipinski definition) is 2. The van der Waals surface area contributed by atoms with Crippen molar-refractivity contribution in [3.63, 3.8) is 0 Å². The van der Waals surface area contributed by atoms with E-state index in [0.717, 1.165) is 27.0 Å². The molecule has 0 spiro atoms. The Hall–Kier alpha value is -2.03. The number of rotatable bonds is 7. The van der Waals surface area contributed by atoms with Gasteiger partial charge in [0.25, 0.3) is 0 Å². The van der Waals surface area contributed by atoms with Gasteiger partial charge in [-0.2, -0.15) is 5.10 Å². The molecule has 3 rings (SSSR count). The molecule has 2 unspecified atom stereocenters. The van der Waals surface area contributed by atoms with Gasteiger partial charge in [0.15, 0.2) is 5.11 Å². The molecule has 2 N–H and O–H groups in total. The largest absolute Gasteiger partial charge is 0.496 e. The van der Waals surface area contributed by atoms with Crippen LogP contribution in [0.3, 0.4) is 0 Å². The first-order valence-corrected chi connectivity index (χ1v) is 11.0. The van der Waals surface area contributed by atoms with Crippen molar-refractivity contribution in [3.8, 4) is 5.75 Å². The predicted molar refractivity (Wildman–Crippen MR) is 127 cm³/mol. The number of allylic oxidation sites excluding steroid dienone is 2. The summed E-state index contributed by atoms with van der Waals surface area (Å²) in [5, 5.41) is 8.02. The molecule has 28 heavy (non-hydrogen) atoms. The molecule has 1 aromatic carbocycles. The van der Waals surface area contributed by atoms with Gasteiger partial charge in [0.05, 0.1) is 24.6 Å². The van der Waals surface area contributed by atoms with E-state index < -0.39 is 0 Å². The zero-order valence-corrected chi connectivity index (χ0v) is 17.9. The zero-order chi connectivity index (χ0) is 19.8. The van der Waals surface area contributed by atoms with Crippen LogP contribution in [0.2, 0.25) is 0 Å². The molecule has 2 aliphatic rings. The lowest BCUT2D eigenvalue weighted by Gasteiger charge is -2.11. The normalized spacial score (nSPS) is 20.0. The van der Waals surface area contributed by atoms with Crippen LogP contribution in [0, 0.1) is 0 Å². The van der Waals surface area contributed by atoms with Gasteiger partial charge in [-0.05, 0) is 36.0 Å². The van der Waals surface area contributed by atoms with E-state index in [1.165, 1.54) is 0 Å². The lowest BCUT2D eigenvalue weighted by Crippen LogP contribution is -2.31. The van der Waals surface area contributed by atoms with Crippen molar-refractivity contribution < 1.29 is 4.74 Å². The molecular formula is C20H22N4OS3. The molecular weight excluding hydrogens is 408 g/mol. The molecule has 0 radical (unpaired) electrons. The summed E-state index contributed by atoms with van der Waals surface area (Å²) >= 11 is 8.68. The Bertz CT molecular complexity index is 848. The molecule has 0 saturated carbocycles. The van der Waals surface area contributed by atoms with Gasteiger partial charge >= 0.3 is 0 Å². The number of benzene rings is 1. The number of hydrogen-bond acceptors (Lipinski definition) is 6. The Labute approximate surface area is 179 Å². The number of thioether (sulfide) groups is 2. The highest BCUT2D eigenvalue weighted by atomic mass is 32.2. The topological polar surface area (TPSA) is 58.0 Å². The number of thiocarbonyl (C=S) groups is 1. The van der Waals surface area contributed by atoms with E-state index in [-0.39, 0.29) is 6.04 Å². The van der Waals surface area contributed by atoms with Crippen LogP contribution in [0.5, 0.6) is 5.75 Å². The van der Waals surface area contributed by atoms with Gasteiger partial charge in [-0.1, -0.05) is 53.9 Å². The van der Waals surface area contributed by atoms with Gasteiger partial charge in [-0.25, -0.2) is 0 Å². The highest BCUT2D eigenvalue weighted by Crippen LogP contribution is 2.37. The minimum atomic E-state index is 0.266. The molecule has 2 atom stereocenters.